The Morgan fingerprint density at radius 2 is 2.00 bits per heavy atom. The normalized spacial score (nSPS) is 10.3. The maximum atomic E-state index is 12.1. The van der Waals surface area contributed by atoms with E-state index in [-0.39, 0.29) is 5.91 Å². The van der Waals surface area contributed by atoms with E-state index in [4.69, 9.17) is 11.6 Å². The second-order valence-corrected chi connectivity index (χ2v) is 5.52. The minimum absolute atomic E-state index is 0.166. The Kier molecular flexibility index (Phi) is 4.61. The highest BCUT2D eigenvalue weighted by Gasteiger charge is 2.10. The van der Waals surface area contributed by atoms with Crippen LogP contribution in [0.25, 0.3) is 0 Å². The minimum atomic E-state index is -0.166. The molecule has 0 saturated heterocycles. The molecule has 2 aromatic carbocycles. The van der Waals surface area contributed by atoms with Crippen LogP contribution in [0, 0.1) is 6.92 Å². The van der Waals surface area contributed by atoms with Gasteiger partial charge in [0.05, 0.1) is 10.6 Å². The van der Waals surface area contributed by atoms with E-state index in [9.17, 15) is 4.79 Å². The average Bonchev–Trinajstić information content (AvgIpc) is 2.37. The third-order valence-electron chi connectivity index (χ3n) is 2.77. The highest BCUT2D eigenvalue weighted by molar-refractivity contribution is 9.10. The molecule has 0 unspecified atom stereocenters. The summed E-state index contributed by atoms with van der Waals surface area (Å²) < 4.78 is 0.977. The van der Waals surface area contributed by atoms with Gasteiger partial charge in [-0.15, -0.1) is 0 Å². The van der Waals surface area contributed by atoms with Gasteiger partial charge in [-0.2, -0.15) is 0 Å². The van der Waals surface area contributed by atoms with Crippen LogP contribution in [0.1, 0.15) is 21.5 Å². The Bertz CT molecular complexity index is 613. The van der Waals surface area contributed by atoms with Crippen molar-refractivity contribution in [3.05, 3.63) is 68.7 Å². The number of rotatable bonds is 3. The molecule has 0 aliphatic rings. The number of nitrogens with one attached hydrogen (secondary N) is 1. The fourth-order valence-corrected chi connectivity index (χ4v) is 2.46. The lowest BCUT2D eigenvalue weighted by molar-refractivity contribution is 0.0951. The SMILES string of the molecule is Cc1ccc(C(=O)NCc2ccccc2Br)c(Cl)c1. The second-order valence-electron chi connectivity index (χ2n) is 4.26. The number of carbonyl (C=O) groups is 1. The van der Waals surface area contributed by atoms with Gasteiger partial charge in [-0.25, -0.2) is 0 Å². The van der Waals surface area contributed by atoms with E-state index in [0.717, 1.165) is 15.6 Å². The molecule has 0 fully saturated rings. The molecule has 1 amide bonds. The molecule has 0 spiro atoms. The number of benzene rings is 2. The quantitative estimate of drug-likeness (QED) is 0.886. The van der Waals surface area contributed by atoms with Crippen LogP contribution in [0.15, 0.2) is 46.9 Å². The number of carbonyl (C=O) groups excluding carboxylic acids is 1. The van der Waals surface area contributed by atoms with Crippen molar-refractivity contribution in [3.63, 3.8) is 0 Å². The van der Waals surface area contributed by atoms with Crippen molar-refractivity contribution in [3.8, 4) is 0 Å². The van der Waals surface area contributed by atoms with Crippen molar-refractivity contribution in [1.82, 2.24) is 5.32 Å². The van der Waals surface area contributed by atoms with E-state index in [1.807, 2.05) is 37.3 Å². The predicted molar refractivity (Wildman–Crippen MR) is 81.5 cm³/mol. The van der Waals surface area contributed by atoms with Crippen LogP contribution in [-0.2, 0) is 6.54 Å². The zero-order valence-electron chi connectivity index (χ0n) is 10.4. The van der Waals surface area contributed by atoms with Crippen LogP contribution in [0.2, 0.25) is 5.02 Å². The molecule has 0 aromatic heterocycles. The lowest BCUT2D eigenvalue weighted by Gasteiger charge is -2.08. The molecule has 98 valence electrons. The fourth-order valence-electron chi connectivity index (χ4n) is 1.72. The van der Waals surface area contributed by atoms with Gasteiger partial charge in [-0.05, 0) is 36.2 Å². The Hall–Kier alpha value is -1.32. The molecule has 0 bridgehead atoms. The van der Waals surface area contributed by atoms with Gasteiger partial charge in [-0.3, -0.25) is 4.79 Å². The molecule has 2 aromatic rings. The first kappa shape index (κ1) is 14.1. The van der Waals surface area contributed by atoms with Gasteiger partial charge in [0.15, 0.2) is 0 Å². The molecule has 0 saturated carbocycles. The molecule has 2 rings (SSSR count). The highest BCUT2D eigenvalue weighted by atomic mass is 79.9. The van der Waals surface area contributed by atoms with Crippen molar-refractivity contribution in [2.24, 2.45) is 0 Å². The fraction of sp³-hybridized carbons (Fsp3) is 0.133. The predicted octanol–water partition coefficient (Wildman–Crippen LogP) is 4.34. The number of hydrogen-bond donors (Lipinski definition) is 1. The summed E-state index contributed by atoms with van der Waals surface area (Å²) in [5.74, 6) is -0.166. The standard InChI is InChI=1S/C15H13BrClNO/c1-10-6-7-12(14(17)8-10)15(19)18-9-11-4-2-3-5-13(11)16/h2-8H,9H2,1H3,(H,18,19). The summed E-state index contributed by atoms with van der Waals surface area (Å²) in [6.45, 7) is 2.40. The van der Waals surface area contributed by atoms with Crippen LogP contribution < -0.4 is 5.32 Å². The topological polar surface area (TPSA) is 29.1 Å². The van der Waals surface area contributed by atoms with E-state index < -0.39 is 0 Å². The Morgan fingerprint density at radius 3 is 2.68 bits per heavy atom. The Morgan fingerprint density at radius 1 is 1.26 bits per heavy atom. The first-order valence-electron chi connectivity index (χ1n) is 5.85. The number of aryl methyl sites for hydroxylation is 1. The second kappa shape index (κ2) is 6.22. The van der Waals surface area contributed by atoms with Crippen molar-refractivity contribution in [2.75, 3.05) is 0 Å². The van der Waals surface area contributed by atoms with E-state index in [2.05, 4.69) is 21.2 Å². The van der Waals surface area contributed by atoms with Gasteiger partial charge >= 0.3 is 0 Å². The van der Waals surface area contributed by atoms with Gasteiger partial charge in [-0.1, -0.05) is 51.8 Å². The minimum Gasteiger partial charge on any atom is -0.348 e. The monoisotopic (exact) mass is 337 g/mol. The summed E-state index contributed by atoms with van der Waals surface area (Å²) in [5.41, 5.74) is 2.56. The zero-order valence-corrected chi connectivity index (χ0v) is 12.8. The molecule has 4 heteroatoms. The molecule has 1 N–H and O–H groups in total. The summed E-state index contributed by atoms with van der Waals surface area (Å²) in [7, 11) is 0. The summed E-state index contributed by atoms with van der Waals surface area (Å²) in [5, 5.41) is 3.34. The molecular weight excluding hydrogens is 326 g/mol. The summed E-state index contributed by atoms with van der Waals surface area (Å²) in [6, 6.07) is 13.2. The van der Waals surface area contributed by atoms with Gasteiger partial charge in [0.25, 0.3) is 5.91 Å². The van der Waals surface area contributed by atoms with Crippen LogP contribution in [-0.4, -0.2) is 5.91 Å². The molecule has 0 atom stereocenters. The summed E-state index contributed by atoms with van der Waals surface area (Å²) in [4.78, 5) is 12.1. The van der Waals surface area contributed by atoms with E-state index in [0.29, 0.717) is 17.1 Å². The third kappa shape index (κ3) is 3.58. The van der Waals surface area contributed by atoms with Crippen LogP contribution >= 0.6 is 27.5 Å². The summed E-state index contributed by atoms with van der Waals surface area (Å²) in [6.07, 6.45) is 0. The van der Waals surface area contributed by atoms with Gasteiger partial charge < -0.3 is 5.32 Å². The first-order valence-corrected chi connectivity index (χ1v) is 7.03. The highest BCUT2D eigenvalue weighted by Crippen LogP contribution is 2.18. The number of hydrogen-bond acceptors (Lipinski definition) is 1. The lowest BCUT2D eigenvalue weighted by Crippen LogP contribution is -2.23. The molecule has 0 radical (unpaired) electrons. The van der Waals surface area contributed by atoms with Crippen molar-refractivity contribution >= 4 is 33.4 Å². The van der Waals surface area contributed by atoms with Gasteiger partial charge in [0, 0.05) is 11.0 Å². The largest absolute Gasteiger partial charge is 0.348 e. The lowest BCUT2D eigenvalue weighted by atomic mass is 10.1. The maximum absolute atomic E-state index is 12.1. The third-order valence-corrected chi connectivity index (χ3v) is 3.85. The molecule has 2 nitrogen and oxygen atoms in total. The van der Waals surface area contributed by atoms with Crippen molar-refractivity contribution in [1.29, 1.82) is 0 Å². The molecule has 0 heterocycles. The smallest absolute Gasteiger partial charge is 0.253 e. The zero-order chi connectivity index (χ0) is 13.8. The average molecular weight is 339 g/mol. The maximum Gasteiger partial charge on any atom is 0.253 e. The molecule has 0 aliphatic heterocycles. The Labute approximate surface area is 125 Å². The van der Waals surface area contributed by atoms with Crippen LogP contribution in [0.3, 0.4) is 0 Å². The number of halogens is 2. The van der Waals surface area contributed by atoms with Crippen LogP contribution in [0.5, 0.6) is 0 Å². The molecule has 0 aliphatic carbocycles. The van der Waals surface area contributed by atoms with Crippen LogP contribution in [0.4, 0.5) is 0 Å². The van der Waals surface area contributed by atoms with E-state index in [1.54, 1.807) is 12.1 Å². The molecule has 19 heavy (non-hydrogen) atoms. The van der Waals surface area contributed by atoms with Gasteiger partial charge in [0.2, 0.25) is 0 Å². The van der Waals surface area contributed by atoms with E-state index >= 15 is 0 Å². The van der Waals surface area contributed by atoms with Crippen molar-refractivity contribution in [2.45, 2.75) is 13.5 Å². The number of amides is 1. The van der Waals surface area contributed by atoms with Crippen molar-refractivity contribution < 1.29 is 4.79 Å². The Balaban J connectivity index is 2.08. The van der Waals surface area contributed by atoms with E-state index in [1.165, 1.54) is 0 Å². The van der Waals surface area contributed by atoms with Gasteiger partial charge in [0.1, 0.15) is 0 Å². The summed E-state index contributed by atoms with van der Waals surface area (Å²) >= 11 is 9.52. The first-order chi connectivity index (χ1) is 9.08. The molecular formula is C15H13BrClNO.